The Kier molecular flexibility index (Phi) is 14.0. The van der Waals surface area contributed by atoms with Gasteiger partial charge in [0.25, 0.3) is 0 Å². The molecule has 0 aromatic rings. The summed E-state index contributed by atoms with van der Waals surface area (Å²) < 4.78 is 20.1. The predicted octanol–water partition coefficient (Wildman–Crippen LogP) is -0.0593. The zero-order chi connectivity index (χ0) is 14.2. The summed E-state index contributed by atoms with van der Waals surface area (Å²) in [5.41, 5.74) is 0. The molecule has 0 aliphatic heterocycles. The van der Waals surface area contributed by atoms with Crippen LogP contribution >= 0.6 is 0 Å². The van der Waals surface area contributed by atoms with E-state index in [4.69, 9.17) is 24.1 Å². The molecule has 0 saturated heterocycles. The van der Waals surface area contributed by atoms with Crippen LogP contribution in [0.4, 0.5) is 4.79 Å². The molecule has 0 aliphatic rings. The first-order chi connectivity index (χ1) is 9.31. The van der Waals surface area contributed by atoms with Gasteiger partial charge in [-0.15, -0.1) is 0 Å². The van der Waals surface area contributed by atoms with Crippen LogP contribution in [-0.2, 0) is 18.9 Å². The van der Waals surface area contributed by atoms with Crippen LogP contribution in [0.2, 0.25) is 0 Å². The van der Waals surface area contributed by atoms with Crippen LogP contribution < -0.4 is 5.32 Å². The fraction of sp³-hybridized carbons (Fsp3) is 0.750. The van der Waals surface area contributed by atoms with Gasteiger partial charge in [-0.05, 0) is 0 Å². The van der Waals surface area contributed by atoms with Crippen molar-refractivity contribution in [3.63, 3.8) is 0 Å². The van der Waals surface area contributed by atoms with Gasteiger partial charge in [-0.3, -0.25) is 0 Å². The van der Waals surface area contributed by atoms with Gasteiger partial charge in [0.15, 0.2) is 0 Å². The molecular formula is C12H23NO6. The average molecular weight is 277 g/mol. The second-order valence-corrected chi connectivity index (χ2v) is 3.37. The number of amides is 1. The second kappa shape index (κ2) is 14.9. The van der Waals surface area contributed by atoms with Crippen LogP contribution in [0.1, 0.15) is 0 Å². The number of carbonyl (C=O) groups excluding carboxylic acids is 1. The van der Waals surface area contributed by atoms with Crippen molar-refractivity contribution in [1.29, 1.82) is 0 Å². The summed E-state index contributed by atoms with van der Waals surface area (Å²) >= 11 is 0. The highest BCUT2D eigenvalue weighted by molar-refractivity contribution is 5.67. The Morgan fingerprint density at radius 2 is 1.63 bits per heavy atom. The van der Waals surface area contributed by atoms with E-state index in [1.807, 2.05) is 0 Å². The van der Waals surface area contributed by atoms with Crippen molar-refractivity contribution in [2.45, 2.75) is 0 Å². The van der Waals surface area contributed by atoms with Crippen LogP contribution in [0, 0.1) is 0 Å². The second-order valence-electron chi connectivity index (χ2n) is 3.37. The van der Waals surface area contributed by atoms with E-state index in [2.05, 4.69) is 11.9 Å². The highest BCUT2D eigenvalue weighted by Gasteiger charge is 1.98. The summed E-state index contributed by atoms with van der Waals surface area (Å²) in [6.45, 7) is 6.58. The van der Waals surface area contributed by atoms with Crippen molar-refractivity contribution >= 4 is 6.09 Å². The summed E-state index contributed by atoms with van der Waals surface area (Å²) in [6.07, 6.45) is 1.01. The van der Waals surface area contributed by atoms with Gasteiger partial charge < -0.3 is 29.4 Å². The normalized spacial score (nSPS) is 10.2. The van der Waals surface area contributed by atoms with Crippen molar-refractivity contribution < 1.29 is 28.8 Å². The molecule has 7 nitrogen and oxygen atoms in total. The summed E-state index contributed by atoms with van der Waals surface area (Å²) in [5.74, 6) is 0. The standard InChI is InChI=1S/C12H23NO6/c1-2-5-19-12(15)13-3-6-16-8-10-18-11-9-17-7-4-14/h2,14H,1,3-11H2,(H,13,15). The number of ether oxygens (including phenoxy) is 4. The van der Waals surface area contributed by atoms with Gasteiger partial charge in [0.1, 0.15) is 6.61 Å². The van der Waals surface area contributed by atoms with Crippen LogP contribution in [-0.4, -0.2) is 70.6 Å². The van der Waals surface area contributed by atoms with E-state index in [0.29, 0.717) is 46.2 Å². The quantitative estimate of drug-likeness (QED) is 0.362. The Hall–Kier alpha value is -1.15. The Morgan fingerprint density at radius 3 is 2.21 bits per heavy atom. The van der Waals surface area contributed by atoms with Gasteiger partial charge in [0.2, 0.25) is 0 Å². The first-order valence-electron chi connectivity index (χ1n) is 6.17. The number of carbonyl (C=O) groups is 1. The smallest absolute Gasteiger partial charge is 0.407 e. The molecule has 0 aromatic heterocycles. The zero-order valence-corrected chi connectivity index (χ0v) is 11.1. The highest BCUT2D eigenvalue weighted by atomic mass is 16.6. The SMILES string of the molecule is C=CCOC(=O)NCCOCCOCCOCCO. The van der Waals surface area contributed by atoms with E-state index < -0.39 is 6.09 Å². The van der Waals surface area contributed by atoms with Gasteiger partial charge in [-0.25, -0.2) is 4.79 Å². The molecule has 112 valence electrons. The minimum atomic E-state index is -0.485. The maximum Gasteiger partial charge on any atom is 0.407 e. The number of aliphatic hydroxyl groups is 1. The highest BCUT2D eigenvalue weighted by Crippen LogP contribution is 1.82. The third-order valence-corrected chi connectivity index (χ3v) is 1.83. The summed E-state index contributed by atoms with van der Waals surface area (Å²) in [5, 5.41) is 11.0. The van der Waals surface area contributed by atoms with Gasteiger partial charge >= 0.3 is 6.09 Å². The van der Waals surface area contributed by atoms with Crippen molar-refractivity contribution in [2.24, 2.45) is 0 Å². The van der Waals surface area contributed by atoms with Gasteiger partial charge in [-0.2, -0.15) is 0 Å². The molecule has 7 heteroatoms. The van der Waals surface area contributed by atoms with Crippen molar-refractivity contribution in [3.05, 3.63) is 12.7 Å². The number of hydrogen-bond acceptors (Lipinski definition) is 6. The number of nitrogens with one attached hydrogen (secondary N) is 1. The van der Waals surface area contributed by atoms with E-state index in [1.165, 1.54) is 6.08 Å². The maximum atomic E-state index is 11.0. The Bertz CT molecular complexity index is 224. The zero-order valence-electron chi connectivity index (χ0n) is 11.1. The third-order valence-electron chi connectivity index (χ3n) is 1.83. The number of rotatable bonds is 13. The van der Waals surface area contributed by atoms with E-state index in [-0.39, 0.29) is 13.2 Å². The molecule has 0 atom stereocenters. The maximum absolute atomic E-state index is 11.0. The van der Waals surface area contributed by atoms with Gasteiger partial charge in [-0.1, -0.05) is 12.7 Å². The minimum Gasteiger partial charge on any atom is -0.445 e. The molecule has 0 unspecified atom stereocenters. The Morgan fingerprint density at radius 1 is 1.05 bits per heavy atom. The fourth-order valence-electron chi connectivity index (χ4n) is 1.02. The van der Waals surface area contributed by atoms with Gasteiger partial charge in [0.05, 0.1) is 46.2 Å². The summed E-state index contributed by atoms with van der Waals surface area (Å²) in [7, 11) is 0. The van der Waals surface area contributed by atoms with Crippen LogP contribution in [0.15, 0.2) is 12.7 Å². The molecule has 0 aliphatic carbocycles. The molecule has 0 bridgehead atoms. The molecule has 0 heterocycles. The van der Waals surface area contributed by atoms with E-state index in [1.54, 1.807) is 0 Å². The topological polar surface area (TPSA) is 86.3 Å². The number of hydrogen-bond donors (Lipinski definition) is 2. The molecule has 1 amide bonds. The Labute approximate surface area is 113 Å². The van der Waals surface area contributed by atoms with Crippen LogP contribution in [0.3, 0.4) is 0 Å². The lowest BCUT2D eigenvalue weighted by Crippen LogP contribution is -2.28. The summed E-state index contributed by atoms with van der Waals surface area (Å²) in [6, 6.07) is 0. The molecule has 19 heavy (non-hydrogen) atoms. The number of alkyl carbamates (subject to hydrolysis) is 1. The molecule has 2 N–H and O–H groups in total. The first-order valence-corrected chi connectivity index (χ1v) is 6.17. The average Bonchev–Trinajstić information content (AvgIpc) is 2.42. The minimum absolute atomic E-state index is 0.0192. The lowest BCUT2D eigenvalue weighted by molar-refractivity contribution is 0.00820. The fourth-order valence-corrected chi connectivity index (χ4v) is 1.02. The lowest BCUT2D eigenvalue weighted by atomic mass is 10.6. The third kappa shape index (κ3) is 14.8. The number of aliphatic hydroxyl groups excluding tert-OH is 1. The molecular weight excluding hydrogens is 254 g/mol. The van der Waals surface area contributed by atoms with E-state index >= 15 is 0 Å². The predicted molar refractivity (Wildman–Crippen MR) is 69.1 cm³/mol. The Balaban J connectivity index is 3.06. The molecule has 0 rings (SSSR count). The molecule has 0 fully saturated rings. The van der Waals surface area contributed by atoms with Crippen molar-refractivity contribution in [1.82, 2.24) is 5.32 Å². The molecule has 0 saturated carbocycles. The summed E-state index contributed by atoms with van der Waals surface area (Å²) in [4.78, 5) is 11.0. The molecule has 0 aromatic carbocycles. The van der Waals surface area contributed by atoms with E-state index in [0.717, 1.165) is 0 Å². The van der Waals surface area contributed by atoms with Crippen molar-refractivity contribution in [3.8, 4) is 0 Å². The molecule has 0 spiro atoms. The van der Waals surface area contributed by atoms with E-state index in [9.17, 15) is 4.79 Å². The van der Waals surface area contributed by atoms with Crippen LogP contribution in [0.25, 0.3) is 0 Å². The van der Waals surface area contributed by atoms with Crippen LogP contribution in [0.5, 0.6) is 0 Å². The first kappa shape index (κ1) is 17.8. The molecule has 0 radical (unpaired) electrons. The largest absolute Gasteiger partial charge is 0.445 e. The lowest BCUT2D eigenvalue weighted by Gasteiger charge is -2.07. The van der Waals surface area contributed by atoms with Crippen molar-refractivity contribution in [2.75, 3.05) is 59.4 Å². The monoisotopic (exact) mass is 277 g/mol. The van der Waals surface area contributed by atoms with Gasteiger partial charge in [0, 0.05) is 6.54 Å².